The Hall–Kier alpha value is -3.04. The van der Waals surface area contributed by atoms with Crippen LogP contribution in [0.4, 0.5) is 0 Å². The zero-order chi connectivity index (χ0) is 20.3. The first-order chi connectivity index (χ1) is 13.4. The van der Waals surface area contributed by atoms with Gasteiger partial charge in [0.05, 0.1) is 23.2 Å². The van der Waals surface area contributed by atoms with Crippen molar-refractivity contribution in [1.29, 1.82) is 5.26 Å². The van der Waals surface area contributed by atoms with Gasteiger partial charge < -0.3 is 0 Å². The average Bonchev–Trinajstić information content (AvgIpc) is 2.64. The van der Waals surface area contributed by atoms with Gasteiger partial charge in [0.25, 0.3) is 5.56 Å². The molecule has 0 spiro atoms. The summed E-state index contributed by atoms with van der Waals surface area (Å²) in [6.07, 6.45) is 0.503. The largest absolute Gasteiger partial charge is 0.329 e. The molecule has 0 saturated carbocycles. The molecule has 0 aliphatic carbocycles. The minimum Gasteiger partial charge on any atom is -0.283 e. The van der Waals surface area contributed by atoms with Crippen molar-refractivity contribution in [2.24, 2.45) is 0 Å². The number of benzene rings is 2. The summed E-state index contributed by atoms with van der Waals surface area (Å²) in [4.78, 5) is 28.5. The van der Waals surface area contributed by atoms with Crippen molar-refractivity contribution in [3.05, 3.63) is 91.1 Å². The van der Waals surface area contributed by atoms with Crippen LogP contribution in [-0.2, 0) is 13.0 Å². The van der Waals surface area contributed by atoms with Crippen LogP contribution in [0.2, 0.25) is 0 Å². The van der Waals surface area contributed by atoms with Crippen molar-refractivity contribution < 1.29 is 0 Å². The summed E-state index contributed by atoms with van der Waals surface area (Å²) in [5.41, 5.74) is 3.23. The number of H-pyrrole nitrogens is 1. The van der Waals surface area contributed by atoms with Gasteiger partial charge in [0.15, 0.2) is 0 Å². The summed E-state index contributed by atoms with van der Waals surface area (Å²) < 4.78 is 1.55. The monoisotopic (exact) mass is 391 g/mol. The third-order valence-electron chi connectivity index (χ3n) is 4.47. The summed E-state index contributed by atoms with van der Waals surface area (Å²) in [5, 5.41) is 10.00. The lowest BCUT2D eigenvalue weighted by atomic mass is 10.1. The third-order valence-corrected chi connectivity index (χ3v) is 5.60. The Bertz CT molecular complexity index is 1170. The predicted molar refractivity (Wildman–Crippen MR) is 111 cm³/mol. The van der Waals surface area contributed by atoms with Gasteiger partial charge in [0.2, 0.25) is 0 Å². The van der Waals surface area contributed by atoms with Crippen LogP contribution in [0.25, 0.3) is 0 Å². The third kappa shape index (κ3) is 4.10. The van der Waals surface area contributed by atoms with Crippen molar-refractivity contribution in [3.8, 4) is 6.07 Å². The van der Waals surface area contributed by atoms with E-state index in [1.54, 1.807) is 16.7 Å². The highest BCUT2D eigenvalue weighted by Gasteiger charge is 2.17. The highest BCUT2D eigenvalue weighted by molar-refractivity contribution is 7.99. The number of aromatic amines is 1. The Balaban J connectivity index is 2.18. The number of aromatic nitrogens is 2. The first-order valence-electron chi connectivity index (χ1n) is 9.03. The lowest BCUT2D eigenvalue weighted by Crippen LogP contribution is -2.34. The van der Waals surface area contributed by atoms with Gasteiger partial charge in [-0.05, 0) is 55.2 Å². The van der Waals surface area contributed by atoms with Crippen LogP contribution in [0, 0.1) is 25.2 Å². The first kappa shape index (κ1) is 19.7. The summed E-state index contributed by atoms with van der Waals surface area (Å²) in [7, 11) is 0. The number of nitrogens with one attached hydrogen (secondary N) is 1. The Morgan fingerprint density at radius 3 is 2.43 bits per heavy atom. The maximum Gasteiger partial charge on any atom is 0.329 e. The summed E-state index contributed by atoms with van der Waals surface area (Å²) in [5.74, 6) is 0. The van der Waals surface area contributed by atoms with Gasteiger partial charge in [-0.2, -0.15) is 5.26 Å². The van der Waals surface area contributed by atoms with Crippen LogP contribution < -0.4 is 11.2 Å². The Kier molecular flexibility index (Phi) is 5.86. The number of rotatable bonds is 5. The number of aryl methyl sites for hydroxylation is 2. The molecule has 28 heavy (non-hydrogen) atoms. The fourth-order valence-electron chi connectivity index (χ4n) is 3.21. The van der Waals surface area contributed by atoms with E-state index in [4.69, 9.17) is 0 Å². The molecule has 0 unspecified atom stereocenters. The van der Waals surface area contributed by atoms with E-state index in [9.17, 15) is 14.9 Å². The zero-order valence-corrected chi connectivity index (χ0v) is 16.9. The second-order valence-electron chi connectivity index (χ2n) is 6.68. The SMILES string of the molecule is CCc1c(Sc2cc(C)cc(C)c2)n(Cc2ccccc2C#N)c(=O)[nH]c1=O. The molecule has 2 aromatic carbocycles. The maximum atomic E-state index is 12.7. The molecule has 0 aliphatic rings. The van der Waals surface area contributed by atoms with Crippen molar-refractivity contribution in [3.63, 3.8) is 0 Å². The number of hydrogen-bond acceptors (Lipinski definition) is 4. The molecule has 0 atom stereocenters. The van der Waals surface area contributed by atoms with E-state index in [0.29, 0.717) is 22.6 Å². The van der Waals surface area contributed by atoms with E-state index >= 15 is 0 Å². The first-order valence-corrected chi connectivity index (χ1v) is 9.84. The second kappa shape index (κ2) is 8.32. The second-order valence-corrected chi connectivity index (χ2v) is 7.74. The fourth-order valence-corrected chi connectivity index (χ4v) is 4.54. The summed E-state index contributed by atoms with van der Waals surface area (Å²) >= 11 is 1.41. The van der Waals surface area contributed by atoms with Crippen LogP contribution in [-0.4, -0.2) is 9.55 Å². The Labute approximate surface area is 167 Å². The standard InChI is InChI=1S/C22H21N3O2S/c1-4-19-20(26)24-22(27)25(13-17-8-6-5-7-16(17)12-23)21(19)28-18-10-14(2)9-15(3)11-18/h5-11H,4,13H2,1-3H3,(H,24,26,27). The molecule has 0 amide bonds. The van der Waals surface area contributed by atoms with Gasteiger partial charge >= 0.3 is 5.69 Å². The van der Waals surface area contributed by atoms with Crippen molar-refractivity contribution >= 4 is 11.8 Å². The maximum absolute atomic E-state index is 12.7. The normalized spacial score (nSPS) is 10.6. The Morgan fingerprint density at radius 1 is 1.11 bits per heavy atom. The molecule has 1 heterocycles. The van der Waals surface area contributed by atoms with Crippen molar-refractivity contribution in [2.45, 2.75) is 43.7 Å². The highest BCUT2D eigenvalue weighted by Crippen LogP contribution is 2.30. The van der Waals surface area contributed by atoms with E-state index in [-0.39, 0.29) is 12.1 Å². The van der Waals surface area contributed by atoms with E-state index in [0.717, 1.165) is 21.6 Å². The topological polar surface area (TPSA) is 78.7 Å². The van der Waals surface area contributed by atoms with E-state index in [2.05, 4.69) is 17.1 Å². The molecule has 6 heteroatoms. The van der Waals surface area contributed by atoms with Gasteiger partial charge in [-0.1, -0.05) is 43.0 Å². The number of nitriles is 1. The van der Waals surface area contributed by atoms with Crippen molar-refractivity contribution in [1.82, 2.24) is 9.55 Å². The zero-order valence-electron chi connectivity index (χ0n) is 16.1. The minimum atomic E-state index is -0.471. The average molecular weight is 391 g/mol. The highest BCUT2D eigenvalue weighted by atomic mass is 32.2. The fraction of sp³-hybridized carbons (Fsp3) is 0.227. The van der Waals surface area contributed by atoms with Crippen LogP contribution in [0.3, 0.4) is 0 Å². The molecule has 0 radical (unpaired) electrons. The molecule has 142 valence electrons. The van der Waals surface area contributed by atoms with Crippen LogP contribution in [0.15, 0.2) is 62.0 Å². The molecular formula is C22H21N3O2S. The number of hydrogen-bond donors (Lipinski definition) is 1. The summed E-state index contributed by atoms with van der Waals surface area (Å²) in [6.45, 7) is 6.16. The molecule has 1 N–H and O–H groups in total. The summed E-state index contributed by atoms with van der Waals surface area (Å²) in [6, 6.07) is 15.5. The van der Waals surface area contributed by atoms with Crippen LogP contribution >= 0.6 is 11.8 Å². The van der Waals surface area contributed by atoms with Gasteiger partial charge in [-0.15, -0.1) is 0 Å². The minimum absolute atomic E-state index is 0.222. The van der Waals surface area contributed by atoms with Crippen LogP contribution in [0.5, 0.6) is 0 Å². The van der Waals surface area contributed by atoms with Gasteiger partial charge in [0, 0.05) is 10.5 Å². The number of nitrogens with zero attached hydrogens (tertiary/aromatic N) is 2. The van der Waals surface area contributed by atoms with Gasteiger partial charge in [0.1, 0.15) is 0 Å². The van der Waals surface area contributed by atoms with E-state index in [1.165, 1.54) is 11.8 Å². The van der Waals surface area contributed by atoms with E-state index in [1.807, 2.05) is 45.0 Å². The van der Waals surface area contributed by atoms with Crippen LogP contribution in [0.1, 0.15) is 34.7 Å². The Morgan fingerprint density at radius 2 is 1.79 bits per heavy atom. The van der Waals surface area contributed by atoms with Gasteiger partial charge in [-0.3, -0.25) is 14.3 Å². The van der Waals surface area contributed by atoms with Crippen molar-refractivity contribution in [2.75, 3.05) is 0 Å². The molecule has 0 fully saturated rings. The quantitative estimate of drug-likeness (QED) is 0.671. The van der Waals surface area contributed by atoms with E-state index < -0.39 is 5.69 Å². The smallest absolute Gasteiger partial charge is 0.283 e. The molecule has 0 bridgehead atoms. The predicted octanol–water partition coefficient (Wildman–Crippen LogP) is 3.79. The molecule has 0 aliphatic heterocycles. The molecule has 3 rings (SSSR count). The molecule has 5 nitrogen and oxygen atoms in total. The molecule has 0 saturated heterocycles. The van der Waals surface area contributed by atoms with Gasteiger partial charge in [-0.25, -0.2) is 4.79 Å². The molecular weight excluding hydrogens is 370 g/mol. The lowest BCUT2D eigenvalue weighted by molar-refractivity contribution is 0.633. The molecule has 1 aromatic heterocycles. The molecule has 3 aromatic rings. The lowest BCUT2D eigenvalue weighted by Gasteiger charge is -2.16.